The van der Waals surface area contributed by atoms with Gasteiger partial charge < -0.3 is 10.1 Å². The zero-order valence-corrected chi connectivity index (χ0v) is 18.2. The molecule has 1 N–H and O–H groups in total. The molecule has 0 aliphatic carbocycles. The van der Waals surface area contributed by atoms with Gasteiger partial charge in [-0.2, -0.15) is 5.10 Å². The van der Waals surface area contributed by atoms with E-state index in [9.17, 15) is 18.0 Å². The normalized spacial score (nSPS) is 17.6. The molecule has 1 amide bonds. The van der Waals surface area contributed by atoms with Gasteiger partial charge in [0.15, 0.2) is 15.5 Å². The van der Waals surface area contributed by atoms with Gasteiger partial charge in [-0.1, -0.05) is 12.1 Å². The van der Waals surface area contributed by atoms with E-state index in [1.165, 1.54) is 14.0 Å². The van der Waals surface area contributed by atoms with E-state index >= 15 is 0 Å². The summed E-state index contributed by atoms with van der Waals surface area (Å²) in [5.41, 5.74) is 3.23. The lowest BCUT2D eigenvalue weighted by Gasteiger charge is -2.12. The Labute approximate surface area is 179 Å². The molecule has 2 aromatic heterocycles. The first-order valence-corrected chi connectivity index (χ1v) is 11.6. The number of amides is 1. The summed E-state index contributed by atoms with van der Waals surface area (Å²) in [6.45, 7) is 3.19. The summed E-state index contributed by atoms with van der Waals surface area (Å²) >= 11 is 0. The Bertz CT molecular complexity index is 1300. The number of aromatic nitrogens is 3. The summed E-state index contributed by atoms with van der Waals surface area (Å²) in [5.74, 6) is -0.600. The van der Waals surface area contributed by atoms with E-state index in [0.29, 0.717) is 40.1 Å². The molecule has 1 saturated heterocycles. The number of methoxy groups -OCH3 is 1. The van der Waals surface area contributed by atoms with Crippen molar-refractivity contribution >= 4 is 38.4 Å². The molecule has 3 aromatic rings. The highest BCUT2D eigenvalue weighted by Crippen LogP contribution is 2.32. The Morgan fingerprint density at radius 2 is 1.94 bits per heavy atom. The summed E-state index contributed by atoms with van der Waals surface area (Å²) in [7, 11) is -1.82. The van der Waals surface area contributed by atoms with Gasteiger partial charge >= 0.3 is 5.97 Å². The molecule has 0 radical (unpaired) electrons. The third-order valence-corrected chi connectivity index (χ3v) is 7.05. The van der Waals surface area contributed by atoms with E-state index in [-0.39, 0.29) is 23.5 Å². The van der Waals surface area contributed by atoms with Gasteiger partial charge in [0, 0.05) is 18.2 Å². The van der Waals surface area contributed by atoms with Gasteiger partial charge in [0.2, 0.25) is 5.91 Å². The Balaban J connectivity index is 1.88. The van der Waals surface area contributed by atoms with Crippen molar-refractivity contribution in [2.75, 3.05) is 23.9 Å². The molecular weight excluding hydrogens is 420 g/mol. The number of esters is 1. The van der Waals surface area contributed by atoms with Crippen LogP contribution in [0, 0.1) is 6.92 Å². The van der Waals surface area contributed by atoms with Crippen LogP contribution >= 0.6 is 0 Å². The molecule has 4 rings (SSSR count). The fraction of sp³-hybridized carbons (Fsp3) is 0.333. The number of anilines is 1. The highest BCUT2D eigenvalue weighted by molar-refractivity contribution is 7.91. The molecule has 0 spiro atoms. The molecule has 1 aliphatic heterocycles. The van der Waals surface area contributed by atoms with Crippen LogP contribution in [0.2, 0.25) is 0 Å². The number of rotatable bonds is 4. The van der Waals surface area contributed by atoms with Crippen LogP contribution in [-0.2, 0) is 19.4 Å². The van der Waals surface area contributed by atoms with Crippen LogP contribution in [-0.4, -0.2) is 53.7 Å². The highest BCUT2D eigenvalue weighted by atomic mass is 32.2. The highest BCUT2D eigenvalue weighted by Gasteiger charge is 2.32. The Morgan fingerprint density at radius 3 is 2.52 bits per heavy atom. The number of sulfone groups is 1. The van der Waals surface area contributed by atoms with Gasteiger partial charge in [-0.25, -0.2) is 22.9 Å². The minimum absolute atomic E-state index is 0.00586. The predicted molar refractivity (Wildman–Crippen MR) is 116 cm³/mol. The Kier molecular flexibility index (Phi) is 5.26. The summed E-state index contributed by atoms with van der Waals surface area (Å²) in [5, 5.41) is 7.79. The van der Waals surface area contributed by atoms with Crippen LogP contribution in [0.4, 0.5) is 5.69 Å². The predicted octanol–water partition coefficient (Wildman–Crippen LogP) is 2.51. The smallest absolute Gasteiger partial charge is 0.338 e. The van der Waals surface area contributed by atoms with Crippen LogP contribution in [0.5, 0.6) is 0 Å². The molecule has 9 nitrogen and oxygen atoms in total. The third-order valence-electron chi connectivity index (χ3n) is 5.30. The van der Waals surface area contributed by atoms with Gasteiger partial charge in [0.05, 0.1) is 47.0 Å². The molecule has 0 unspecified atom stereocenters. The summed E-state index contributed by atoms with van der Waals surface area (Å²) < 4.78 is 30.6. The molecule has 0 saturated carbocycles. The second-order valence-corrected chi connectivity index (χ2v) is 9.82. The number of aryl methyl sites for hydroxylation is 1. The molecule has 1 atom stereocenters. The number of carbonyl (C=O) groups is 2. The van der Waals surface area contributed by atoms with Gasteiger partial charge in [0.1, 0.15) is 0 Å². The first kappa shape index (κ1) is 21.0. The lowest BCUT2D eigenvalue weighted by Crippen LogP contribution is -2.13. The molecule has 1 aromatic carbocycles. The fourth-order valence-electron chi connectivity index (χ4n) is 3.88. The van der Waals surface area contributed by atoms with Crippen LogP contribution < -0.4 is 5.32 Å². The Morgan fingerprint density at radius 1 is 1.23 bits per heavy atom. The first-order valence-electron chi connectivity index (χ1n) is 9.75. The molecule has 31 heavy (non-hydrogen) atoms. The van der Waals surface area contributed by atoms with Crippen molar-refractivity contribution in [1.82, 2.24) is 14.8 Å². The monoisotopic (exact) mass is 442 g/mol. The van der Waals surface area contributed by atoms with Crippen LogP contribution in [0.3, 0.4) is 0 Å². The van der Waals surface area contributed by atoms with E-state index < -0.39 is 15.8 Å². The maximum atomic E-state index is 12.5. The van der Waals surface area contributed by atoms with Crippen molar-refractivity contribution < 1.29 is 22.7 Å². The van der Waals surface area contributed by atoms with E-state index in [1.54, 1.807) is 41.9 Å². The molecule has 0 bridgehead atoms. The summed E-state index contributed by atoms with van der Waals surface area (Å²) in [6, 6.07) is 8.37. The number of benzene rings is 1. The average molecular weight is 442 g/mol. The molecule has 3 heterocycles. The number of nitrogens with one attached hydrogen (secondary N) is 1. The zero-order valence-electron chi connectivity index (χ0n) is 17.4. The second kappa shape index (κ2) is 7.77. The zero-order chi connectivity index (χ0) is 22.3. The summed E-state index contributed by atoms with van der Waals surface area (Å²) in [6.07, 6.45) is 0.448. The number of nitrogens with zero attached hydrogens (tertiary/aromatic N) is 3. The van der Waals surface area contributed by atoms with Crippen LogP contribution in [0.25, 0.3) is 22.3 Å². The number of pyridine rings is 1. The van der Waals surface area contributed by atoms with Gasteiger partial charge in [-0.3, -0.25) is 4.79 Å². The van der Waals surface area contributed by atoms with Gasteiger partial charge in [-0.15, -0.1) is 0 Å². The minimum atomic E-state index is -3.13. The standard InChI is InChI=1S/C21H22N4O5S/c1-12-19-17(21(27)30-3)10-18(14-4-6-15(7-5-14)22-13(2)26)23-20(19)25(24-12)16-8-9-31(28,29)11-16/h4-7,10,16H,8-9,11H2,1-3H3,(H,22,26)/t16-/m1/s1. The lowest BCUT2D eigenvalue weighted by atomic mass is 10.1. The van der Waals surface area contributed by atoms with Crippen LogP contribution in [0.1, 0.15) is 35.4 Å². The average Bonchev–Trinajstić information content (AvgIpc) is 3.26. The van der Waals surface area contributed by atoms with Gasteiger partial charge in [0.25, 0.3) is 0 Å². The molecule has 1 fully saturated rings. The van der Waals surface area contributed by atoms with Crippen molar-refractivity contribution in [1.29, 1.82) is 0 Å². The largest absolute Gasteiger partial charge is 0.465 e. The quantitative estimate of drug-likeness (QED) is 0.616. The molecule has 10 heteroatoms. The number of hydrogen-bond acceptors (Lipinski definition) is 7. The Hall–Kier alpha value is -3.27. The second-order valence-electron chi connectivity index (χ2n) is 7.59. The van der Waals surface area contributed by atoms with E-state index in [0.717, 1.165) is 5.56 Å². The van der Waals surface area contributed by atoms with Gasteiger partial charge in [-0.05, 0) is 31.5 Å². The van der Waals surface area contributed by atoms with Crippen molar-refractivity contribution in [3.63, 3.8) is 0 Å². The van der Waals surface area contributed by atoms with E-state index in [2.05, 4.69) is 10.4 Å². The van der Waals surface area contributed by atoms with Crippen molar-refractivity contribution in [2.45, 2.75) is 26.3 Å². The van der Waals surface area contributed by atoms with E-state index in [4.69, 9.17) is 9.72 Å². The fourth-order valence-corrected chi connectivity index (χ4v) is 5.57. The van der Waals surface area contributed by atoms with Crippen LogP contribution in [0.15, 0.2) is 30.3 Å². The number of fused-ring (bicyclic) bond motifs is 1. The topological polar surface area (TPSA) is 120 Å². The first-order chi connectivity index (χ1) is 14.7. The lowest BCUT2D eigenvalue weighted by molar-refractivity contribution is -0.114. The number of ether oxygens (including phenoxy) is 1. The SMILES string of the molecule is COC(=O)c1cc(-c2ccc(NC(C)=O)cc2)nc2c1c(C)nn2[C@@H]1CCS(=O)(=O)C1. The number of hydrogen-bond donors (Lipinski definition) is 1. The molecular formula is C21H22N4O5S. The maximum absolute atomic E-state index is 12.5. The molecule has 1 aliphatic rings. The minimum Gasteiger partial charge on any atom is -0.465 e. The molecule has 162 valence electrons. The van der Waals surface area contributed by atoms with Crippen molar-refractivity contribution in [3.05, 3.63) is 41.6 Å². The van der Waals surface area contributed by atoms with Crippen molar-refractivity contribution in [3.8, 4) is 11.3 Å². The number of carbonyl (C=O) groups excluding carboxylic acids is 2. The third kappa shape index (κ3) is 4.02. The maximum Gasteiger partial charge on any atom is 0.338 e. The van der Waals surface area contributed by atoms with E-state index in [1.807, 2.05) is 0 Å². The summed E-state index contributed by atoms with van der Waals surface area (Å²) in [4.78, 5) is 28.5. The van der Waals surface area contributed by atoms with Crippen molar-refractivity contribution in [2.24, 2.45) is 0 Å².